The van der Waals surface area contributed by atoms with Crippen LogP contribution in [-0.4, -0.2) is 19.5 Å². The average molecular weight is 193 g/mol. The van der Waals surface area contributed by atoms with E-state index < -0.39 is 0 Å². The van der Waals surface area contributed by atoms with Crippen LogP contribution in [0.1, 0.15) is 5.56 Å². The minimum Gasteiger partial charge on any atom is -0.326 e. The van der Waals surface area contributed by atoms with Gasteiger partial charge in [0.2, 0.25) is 5.91 Å². The lowest BCUT2D eigenvalue weighted by Crippen LogP contribution is -2.25. The number of carbonyl (C=O) groups is 1. The fraction of sp³-hybridized carbons (Fsp3) is 0.300. The van der Waals surface area contributed by atoms with E-state index in [4.69, 9.17) is 5.73 Å². The van der Waals surface area contributed by atoms with Gasteiger partial charge >= 0.3 is 0 Å². The number of likely N-dealkylation sites (N-methyl/N-ethyl adjacent to an activating group) is 1. The first-order chi connectivity index (χ1) is 6.76. The highest BCUT2D eigenvalue weighted by Crippen LogP contribution is 2.09. The number of benzene rings is 1. The van der Waals surface area contributed by atoms with Crippen molar-refractivity contribution in [3.8, 4) is 0 Å². The summed E-state index contributed by atoms with van der Waals surface area (Å²) in [6.07, 6.45) is 0. The summed E-state index contributed by atoms with van der Waals surface area (Å²) in [6.45, 7) is 0.794. The molecule has 0 fully saturated rings. The van der Waals surface area contributed by atoms with E-state index in [0.29, 0.717) is 13.1 Å². The Hall–Kier alpha value is -1.39. The van der Waals surface area contributed by atoms with Gasteiger partial charge in [0.05, 0.1) is 6.54 Å². The first kappa shape index (κ1) is 10.7. The van der Waals surface area contributed by atoms with Gasteiger partial charge in [-0.3, -0.25) is 4.79 Å². The van der Waals surface area contributed by atoms with Crippen molar-refractivity contribution in [2.24, 2.45) is 5.73 Å². The van der Waals surface area contributed by atoms with Gasteiger partial charge in [0.25, 0.3) is 0 Å². The molecule has 1 rings (SSSR count). The largest absolute Gasteiger partial charge is 0.326 e. The predicted octanol–water partition coefficient (Wildman–Crippen LogP) is 0.303. The van der Waals surface area contributed by atoms with Crippen LogP contribution in [0.2, 0.25) is 0 Å². The molecule has 0 aliphatic carbocycles. The molecule has 0 aromatic heterocycles. The zero-order valence-electron chi connectivity index (χ0n) is 8.21. The van der Waals surface area contributed by atoms with E-state index in [1.807, 2.05) is 24.3 Å². The molecule has 0 saturated carbocycles. The second kappa shape index (κ2) is 5.36. The summed E-state index contributed by atoms with van der Waals surface area (Å²) < 4.78 is 0. The molecule has 14 heavy (non-hydrogen) atoms. The summed E-state index contributed by atoms with van der Waals surface area (Å²) in [5.41, 5.74) is 7.28. The number of hydrogen-bond acceptors (Lipinski definition) is 3. The van der Waals surface area contributed by atoms with Crippen molar-refractivity contribution in [3.05, 3.63) is 29.8 Å². The first-order valence-electron chi connectivity index (χ1n) is 4.49. The molecule has 0 heterocycles. The van der Waals surface area contributed by atoms with Crippen LogP contribution in [0.5, 0.6) is 0 Å². The maximum absolute atomic E-state index is 11.2. The molecule has 0 aliphatic heterocycles. The third-order valence-electron chi connectivity index (χ3n) is 1.78. The number of nitrogens with two attached hydrogens (primary N) is 1. The van der Waals surface area contributed by atoms with Crippen molar-refractivity contribution in [2.75, 3.05) is 18.9 Å². The van der Waals surface area contributed by atoms with E-state index in [0.717, 1.165) is 11.3 Å². The standard InChI is InChI=1S/C10H15N3O/c1-12-7-10(14)13-9-4-2-3-8(5-9)6-11/h2-5,12H,6-7,11H2,1H3,(H,13,14). The maximum atomic E-state index is 11.2. The van der Waals surface area contributed by atoms with Gasteiger partial charge in [-0.1, -0.05) is 12.1 Å². The van der Waals surface area contributed by atoms with Crippen molar-refractivity contribution in [1.29, 1.82) is 0 Å². The van der Waals surface area contributed by atoms with E-state index in [1.165, 1.54) is 0 Å². The summed E-state index contributed by atoms with van der Waals surface area (Å²) >= 11 is 0. The number of amides is 1. The third kappa shape index (κ3) is 3.16. The smallest absolute Gasteiger partial charge is 0.238 e. The molecule has 0 atom stereocenters. The zero-order chi connectivity index (χ0) is 10.4. The van der Waals surface area contributed by atoms with Crippen LogP contribution >= 0.6 is 0 Å². The van der Waals surface area contributed by atoms with Crippen molar-refractivity contribution < 1.29 is 4.79 Å². The van der Waals surface area contributed by atoms with Crippen LogP contribution in [0.4, 0.5) is 5.69 Å². The van der Waals surface area contributed by atoms with Gasteiger partial charge < -0.3 is 16.4 Å². The highest BCUT2D eigenvalue weighted by atomic mass is 16.1. The van der Waals surface area contributed by atoms with Crippen LogP contribution in [-0.2, 0) is 11.3 Å². The summed E-state index contributed by atoms with van der Waals surface area (Å²) in [5, 5.41) is 5.54. The Kier molecular flexibility index (Phi) is 4.10. The van der Waals surface area contributed by atoms with Gasteiger partial charge in [-0.2, -0.15) is 0 Å². The maximum Gasteiger partial charge on any atom is 0.238 e. The van der Waals surface area contributed by atoms with Crippen LogP contribution in [0.3, 0.4) is 0 Å². The quantitative estimate of drug-likeness (QED) is 0.644. The Morgan fingerprint density at radius 1 is 1.50 bits per heavy atom. The normalized spacial score (nSPS) is 9.86. The van der Waals surface area contributed by atoms with Gasteiger partial charge in [0.15, 0.2) is 0 Å². The van der Waals surface area contributed by atoms with Crippen LogP contribution in [0, 0.1) is 0 Å². The van der Waals surface area contributed by atoms with Crippen LogP contribution in [0.15, 0.2) is 24.3 Å². The molecule has 0 radical (unpaired) electrons. The van der Waals surface area contributed by atoms with E-state index in [1.54, 1.807) is 7.05 Å². The molecule has 0 saturated heterocycles. The first-order valence-corrected chi connectivity index (χ1v) is 4.49. The molecule has 1 aromatic rings. The van der Waals surface area contributed by atoms with Gasteiger partial charge in [-0.25, -0.2) is 0 Å². The van der Waals surface area contributed by atoms with Gasteiger partial charge in [0.1, 0.15) is 0 Å². The Labute approximate surface area is 83.5 Å². The molecule has 4 heteroatoms. The predicted molar refractivity (Wildman–Crippen MR) is 56.9 cm³/mol. The Morgan fingerprint density at radius 2 is 2.29 bits per heavy atom. The molecule has 0 unspecified atom stereocenters. The molecule has 0 aliphatic rings. The number of rotatable bonds is 4. The lowest BCUT2D eigenvalue weighted by atomic mass is 10.2. The second-order valence-corrected chi connectivity index (χ2v) is 2.98. The molecule has 0 spiro atoms. The molecular formula is C10H15N3O. The SMILES string of the molecule is CNCC(=O)Nc1cccc(CN)c1. The number of anilines is 1. The van der Waals surface area contributed by atoms with Crippen LogP contribution in [0.25, 0.3) is 0 Å². The van der Waals surface area contributed by atoms with Crippen molar-refractivity contribution in [2.45, 2.75) is 6.54 Å². The molecule has 4 N–H and O–H groups in total. The second-order valence-electron chi connectivity index (χ2n) is 2.98. The van der Waals surface area contributed by atoms with Crippen LogP contribution < -0.4 is 16.4 Å². The summed E-state index contributed by atoms with van der Waals surface area (Å²) in [7, 11) is 1.73. The summed E-state index contributed by atoms with van der Waals surface area (Å²) in [6, 6.07) is 7.51. The molecule has 4 nitrogen and oxygen atoms in total. The Morgan fingerprint density at radius 3 is 2.93 bits per heavy atom. The van der Waals surface area contributed by atoms with E-state index in [9.17, 15) is 4.79 Å². The van der Waals surface area contributed by atoms with Gasteiger partial charge in [-0.05, 0) is 24.7 Å². The number of nitrogens with one attached hydrogen (secondary N) is 2. The molecule has 1 amide bonds. The molecule has 0 bridgehead atoms. The zero-order valence-corrected chi connectivity index (χ0v) is 8.21. The van der Waals surface area contributed by atoms with E-state index in [-0.39, 0.29) is 5.91 Å². The molecule has 76 valence electrons. The lowest BCUT2D eigenvalue weighted by Gasteiger charge is -2.05. The van der Waals surface area contributed by atoms with E-state index in [2.05, 4.69) is 10.6 Å². The summed E-state index contributed by atoms with van der Waals surface area (Å²) in [5.74, 6) is -0.0540. The fourth-order valence-corrected chi connectivity index (χ4v) is 1.14. The number of hydrogen-bond donors (Lipinski definition) is 3. The minimum atomic E-state index is -0.0540. The average Bonchev–Trinajstić information content (AvgIpc) is 2.18. The molecular weight excluding hydrogens is 178 g/mol. The van der Waals surface area contributed by atoms with Gasteiger partial charge in [0, 0.05) is 12.2 Å². The highest BCUT2D eigenvalue weighted by Gasteiger charge is 2.00. The minimum absolute atomic E-state index is 0.0540. The van der Waals surface area contributed by atoms with E-state index >= 15 is 0 Å². The lowest BCUT2D eigenvalue weighted by molar-refractivity contribution is -0.115. The van der Waals surface area contributed by atoms with Crippen molar-refractivity contribution >= 4 is 11.6 Å². The highest BCUT2D eigenvalue weighted by molar-refractivity contribution is 5.92. The Balaban J connectivity index is 2.62. The Bertz CT molecular complexity index is 312. The summed E-state index contributed by atoms with van der Waals surface area (Å²) in [4.78, 5) is 11.2. The topological polar surface area (TPSA) is 67.2 Å². The third-order valence-corrected chi connectivity index (χ3v) is 1.78. The van der Waals surface area contributed by atoms with Gasteiger partial charge in [-0.15, -0.1) is 0 Å². The van der Waals surface area contributed by atoms with Crippen molar-refractivity contribution in [1.82, 2.24) is 5.32 Å². The monoisotopic (exact) mass is 193 g/mol. The van der Waals surface area contributed by atoms with Crippen molar-refractivity contribution in [3.63, 3.8) is 0 Å². The fourth-order valence-electron chi connectivity index (χ4n) is 1.14. The number of carbonyl (C=O) groups excluding carboxylic acids is 1. The molecule has 1 aromatic carbocycles.